The summed E-state index contributed by atoms with van der Waals surface area (Å²) in [6.45, 7) is 0.0906. The SMILES string of the molecule is NC(=O)CCNC(=O)c1ccccc1NC(=O)c1cc(F)cc(Br)c1. The number of carbonyl (C=O) groups is 3. The van der Waals surface area contributed by atoms with E-state index in [1.54, 1.807) is 18.2 Å². The normalized spacial score (nSPS) is 10.2. The molecule has 0 atom stereocenters. The number of rotatable bonds is 6. The van der Waals surface area contributed by atoms with Crippen LogP contribution >= 0.6 is 15.9 Å². The highest BCUT2D eigenvalue weighted by atomic mass is 79.9. The van der Waals surface area contributed by atoms with Gasteiger partial charge in [0.05, 0.1) is 11.3 Å². The largest absolute Gasteiger partial charge is 0.370 e. The van der Waals surface area contributed by atoms with E-state index in [1.165, 1.54) is 18.2 Å². The molecule has 4 N–H and O–H groups in total. The summed E-state index contributed by atoms with van der Waals surface area (Å²) in [7, 11) is 0. The lowest BCUT2D eigenvalue weighted by Gasteiger charge is -2.11. The third kappa shape index (κ3) is 5.39. The van der Waals surface area contributed by atoms with Crippen LogP contribution in [0.3, 0.4) is 0 Å². The third-order valence-corrected chi connectivity index (χ3v) is 3.66. The number of carbonyl (C=O) groups excluding carboxylic acids is 3. The van der Waals surface area contributed by atoms with Crippen LogP contribution in [-0.4, -0.2) is 24.3 Å². The summed E-state index contributed by atoms with van der Waals surface area (Å²) >= 11 is 3.12. The van der Waals surface area contributed by atoms with Crippen molar-refractivity contribution in [3.63, 3.8) is 0 Å². The molecule has 25 heavy (non-hydrogen) atoms. The van der Waals surface area contributed by atoms with Crippen LogP contribution in [-0.2, 0) is 4.79 Å². The highest BCUT2D eigenvalue weighted by Crippen LogP contribution is 2.19. The van der Waals surface area contributed by atoms with Crippen LogP contribution in [0.2, 0.25) is 0 Å². The molecule has 0 aliphatic heterocycles. The van der Waals surface area contributed by atoms with Crippen molar-refractivity contribution in [3.05, 3.63) is 63.9 Å². The summed E-state index contributed by atoms with van der Waals surface area (Å²) in [4.78, 5) is 35.2. The molecule has 2 aromatic rings. The number of hydrogen-bond donors (Lipinski definition) is 3. The number of primary amides is 1. The Morgan fingerprint density at radius 1 is 1.08 bits per heavy atom. The molecular formula is C17H15BrFN3O3. The molecule has 3 amide bonds. The standard InChI is InChI=1S/C17H15BrFN3O3/c18-11-7-10(8-12(19)9-11)16(24)22-14-4-2-1-3-13(14)17(25)21-6-5-15(20)23/h1-4,7-9H,5-6H2,(H2,20,23)(H,21,25)(H,22,24). The van der Waals surface area contributed by atoms with E-state index in [0.717, 1.165) is 6.07 Å². The van der Waals surface area contributed by atoms with Crippen LogP contribution in [0.4, 0.5) is 10.1 Å². The van der Waals surface area contributed by atoms with E-state index in [1.807, 2.05) is 0 Å². The van der Waals surface area contributed by atoms with Gasteiger partial charge in [-0.2, -0.15) is 0 Å². The molecule has 0 aliphatic carbocycles. The van der Waals surface area contributed by atoms with E-state index in [-0.39, 0.29) is 29.8 Å². The van der Waals surface area contributed by atoms with Crippen molar-refractivity contribution in [1.82, 2.24) is 5.32 Å². The fourth-order valence-corrected chi connectivity index (χ4v) is 2.53. The summed E-state index contributed by atoms with van der Waals surface area (Å²) in [6, 6.07) is 10.2. The first kappa shape index (κ1) is 18.6. The third-order valence-electron chi connectivity index (χ3n) is 3.20. The minimum Gasteiger partial charge on any atom is -0.370 e. The Morgan fingerprint density at radius 3 is 2.48 bits per heavy atom. The first-order valence-corrected chi connectivity index (χ1v) is 8.09. The van der Waals surface area contributed by atoms with Gasteiger partial charge in [0, 0.05) is 23.0 Å². The highest BCUT2D eigenvalue weighted by molar-refractivity contribution is 9.10. The van der Waals surface area contributed by atoms with Gasteiger partial charge >= 0.3 is 0 Å². The van der Waals surface area contributed by atoms with Gasteiger partial charge < -0.3 is 16.4 Å². The van der Waals surface area contributed by atoms with E-state index in [2.05, 4.69) is 26.6 Å². The number of nitrogens with two attached hydrogens (primary N) is 1. The Hall–Kier alpha value is -2.74. The molecule has 2 rings (SSSR count). The summed E-state index contributed by atoms with van der Waals surface area (Å²) in [5.74, 6) is -2.11. The van der Waals surface area contributed by atoms with Crippen molar-refractivity contribution in [2.24, 2.45) is 5.73 Å². The number of hydrogen-bond acceptors (Lipinski definition) is 3. The molecule has 0 aromatic heterocycles. The van der Waals surface area contributed by atoms with E-state index >= 15 is 0 Å². The Kier molecular flexibility index (Phi) is 6.24. The zero-order valence-corrected chi connectivity index (χ0v) is 14.6. The molecule has 0 fully saturated rings. The number of benzene rings is 2. The average Bonchev–Trinajstić information content (AvgIpc) is 2.54. The van der Waals surface area contributed by atoms with Gasteiger partial charge in [-0.15, -0.1) is 0 Å². The number of amides is 3. The molecule has 0 saturated heterocycles. The predicted molar refractivity (Wildman–Crippen MR) is 94.6 cm³/mol. The van der Waals surface area contributed by atoms with E-state index in [4.69, 9.17) is 5.73 Å². The van der Waals surface area contributed by atoms with E-state index in [0.29, 0.717) is 4.47 Å². The minimum atomic E-state index is -0.558. The smallest absolute Gasteiger partial charge is 0.255 e. The summed E-state index contributed by atoms with van der Waals surface area (Å²) < 4.78 is 13.9. The Labute approximate surface area is 151 Å². The van der Waals surface area contributed by atoms with Gasteiger partial charge in [0.1, 0.15) is 5.82 Å². The van der Waals surface area contributed by atoms with Crippen LogP contribution in [0.5, 0.6) is 0 Å². The fourth-order valence-electron chi connectivity index (χ4n) is 2.06. The van der Waals surface area contributed by atoms with Gasteiger partial charge in [-0.05, 0) is 30.3 Å². The van der Waals surface area contributed by atoms with Gasteiger partial charge in [0.25, 0.3) is 11.8 Å². The lowest BCUT2D eigenvalue weighted by Crippen LogP contribution is -2.28. The fraction of sp³-hybridized carbons (Fsp3) is 0.118. The monoisotopic (exact) mass is 407 g/mol. The quantitative estimate of drug-likeness (QED) is 0.685. The molecule has 0 saturated carbocycles. The first-order chi connectivity index (χ1) is 11.9. The second kappa shape index (κ2) is 8.39. The van der Waals surface area contributed by atoms with E-state index < -0.39 is 23.5 Å². The van der Waals surface area contributed by atoms with Crippen molar-refractivity contribution in [2.75, 3.05) is 11.9 Å². The number of halogens is 2. The van der Waals surface area contributed by atoms with Gasteiger partial charge in [-0.1, -0.05) is 28.1 Å². The van der Waals surface area contributed by atoms with Crippen LogP contribution in [0.1, 0.15) is 27.1 Å². The number of nitrogens with one attached hydrogen (secondary N) is 2. The molecule has 0 bridgehead atoms. The maximum atomic E-state index is 13.4. The zero-order chi connectivity index (χ0) is 18.4. The molecule has 2 aromatic carbocycles. The van der Waals surface area contributed by atoms with Crippen molar-refractivity contribution in [2.45, 2.75) is 6.42 Å². The maximum absolute atomic E-state index is 13.4. The second-order valence-electron chi connectivity index (χ2n) is 5.13. The van der Waals surface area contributed by atoms with Gasteiger partial charge in [0.2, 0.25) is 5.91 Å². The highest BCUT2D eigenvalue weighted by Gasteiger charge is 2.15. The molecule has 0 aliphatic rings. The van der Waals surface area contributed by atoms with Gasteiger partial charge in [-0.25, -0.2) is 4.39 Å². The van der Waals surface area contributed by atoms with Crippen LogP contribution < -0.4 is 16.4 Å². The Bertz CT molecular complexity index is 806. The molecule has 6 nitrogen and oxygen atoms in total. The molecule has 0 heterocycles. The lowest BCUT2D eigenvalue weighted by atomic mass is 10.1. The topological polar surface area (TPSA) is 101 Å². The summed E-state index contributed by atoms with van der Waals surface area (Å²) in [5.41, 5.74) is 5.61. The van der Waals surface area contributed by atoms with Gasteiger partial charge in [0.15, 0.2) is 0 Å². The van der Waals surface area contributed by atoms with Crippen molar-refractivity contribution in [3.8, 4) is 0 Å². The van der Waals surface area contributed by atoms with Crippen LogP contribution in [0, 0.1) is 5.82 Å². The molecule has 0 spiro atoms. The Morgan fingerprint density at radius 2 is 1.80 bits per heavy atom. The zero-order valence-electron chi connectivity index (χ0n) is 13.0. The Balaban J connectivity index is 2.15. The number of para-hydroxylation sites is 1. The minimum absolute atomic E-state index is 0.0115. The first-order valence-electron chi connectivity index (χ1n) is 7.30. The molecule has 130 valence electrons. The molecular weight excluding hydrogens is 393 g/mol. The van der Waals surface area contributed by atoms with Crippen molar-refractivity contribution >= 4 is 39.3 Å². The molecule has 0 radical (unpaired) electrons. The second-order valence-corrected chi connectivity index (χ2v) is 6.05. The maximum Gasteiger partial charge on any atom is 0.255 e. The number of anilines is 1. The van der Waals surface area contributed by atoms with Crippen LogP contribution in [0.15, 0.2) is 46.9 Å². The van der Waals surface area contributed by atoms with E-state index in [9.17, 15) is 18.8 Å². The molecule has 8 heteroatoms. The van der Waals surface area contributed by atoms with Crippen LogP contribution in [0.25, 0.3) is 0 Å². The predicted octanol–water partition coefficient (Wildman–Crippen LogP) is 2.45. The average molecular weight is 408 g/mol. The van der Waals surface area contributed by atoms with Crippen molar-refractivity contribution in [1.29, 1.82) is 0 Å². The summed E-state index contributed by atoms with van der Waals surface area (Å²) in [5, 5.41) is 5.13. The van der Waals surface area contributed by atoms with Crippen molar-refractivity contribution < 1.29 is 18.8 Å². The lowest BCUT2D eigenvalue weighted by molar-refractivity contribution is -0.117. The summed E-state index contributed by atoms with van der Waals surface area (Å²) in [6.07, 6.45) is 0.0115. The van der Waals surface area contributed by atoms with Gasteiger partial charge in [-0.3, -0.25) is 14.4 Å². The molecule has 0 unspecified atom stereocenters.